The molecule has 2 rings (SSSR count). The summed E-state index contributed by atoms with van der Waals surface area (Å²) in [6.07, 6.45) is 5.06. The topological polar surface area (TPSA) is 28.2 Å². The van der Waals surface area contributed by atoms with Crippen molar-refractivity contribution in [2.45, 2.75) is 25.9 Å². The van der Waals surface area contributed by atoms with Crippen LogP contribution in [0, 0.1) is 6.92 Å². The van der Waals surface area contributed by atoms with Crippen molar-refractivity contribution in [3.63, 3.8) is 0 Å². The maximum atomic E-state index is 4.10. The van der Waals surface area contributed by atoms with Gasteiger partial charge in [0.2, 0.25) is 0 Å². The molecule has 3 nitrogen and oxygen atoms in total. The van der Waals surface area contributed by atoms with Gasteiger partial charge in [0, 0.05) is 31.5 Å². The van der Waals surface area contributed by atoms with Crippen molar-refractivity contribution in [3.05, 3.63) is 29.6 Å². The van der Waals surface area contributed by atoms with Gasteiger partial charge in [0.1, 0.15) is 0 Å². The zero-order valence-electron chi connectivity index (χ0n) is 9.53. The molecule has 0 aliphatic carbocycles. The zero-order chi connectivity index (χ0) is 10.7. The van der Waals surface area contributed by atoms with Gasteiger partial charge in [-0.05, 0) is 44.1 Å². The summed E-state index contributed by atoms with van der Waals surface area (Å²) in [4.78, 5) is 6.47. The van der Waals surface area contributed by atoms with E-state index in [1.807, 2.05) is 12.4 Å². The first-order chi connectivity index (χ1) is 7.25. The highest BCUT2D eigenvalue weighted by atomic mass is 15.2. The number of nitrogens with one attached hydrogen (secondary N) is 1. The molecule has 0 spiro atoms. The molecular weight excluding hydrogens is 186 g/mol. The molecule has 3 heteroatoms. The Labute approximate surface area is 91.5 Å². The fourth-order valence-corrected chi connectivity index (χ4v) is 2.06. The van der Waals surface area contributed by atoms with E-state index >= 15 is 0 Å². The van der Waals surface area contributed by atoms with Crippen LogP contribution in [0.5, 0.6) is 0 Å². The summed E-state index contributed by atoms with van der Waals surface area (Å²) in [5.74, 6) is 0. The molecule has 1 aromatic heterocycles. The Morgan fingerprint density at radius 1 is 1.60 bits per heavy atom. The lowest BCUT2D eigenvalue weighted by Gasteiger charge is -2.13. The smallest absolute Gasteiger partial charge is 0.0300 e. The lowest BCUT2D eigenvalue weighted by Crippen LogP contribution is -2.31. The van der Waals surface area contributed by atoms with E-state index in [-0.39, 0.29) is 0 Å². The fourth-order valence-electron chi connectivity index (χ4n) is 2.06. The van der Waals surface area contributed by atoms with Crippen molar-refractivity contribution in [2.75, 3.05) is 20.1 Å². The maximum Gasteiger partial charge on any atom is 0.0300 e. The lowest BCUT2D eigenvalue weighted by atomic mass is 10.1. The Morgan fingerprint density at radius 3 is 3.13 bits per heavy atom. The van der Waals surface area contributed by atoms with Crippen LogP contribution in [0.4, 0.5) is 0 Å². The van der Waals surface area contributed by atoms with Crippen LogP contribution in [0.25, 0.3) is 0 Å². The van der Waals surface area contributed by atoms with Gasteiger partial charge in [-0.25, -0.2) is 0 Å². The van der Waals surface area contributed by atoms with E-state index in [4.69, 9.17) is 0 Å². The van der Waals surface area contributed by atoms with Gasteiger partial charge in [-0.2, -0.15) is 0 Å². The van der Waals surface area contributed by atoms with Crippen molar-refractivity contribution >= 4 is 0 Å². The Kier molecular flexibility index (Phi) is 3.34. The fraction of sp³-hybridized carbons (Fsp3) is 0.583. The molecule has 82 valence electrons. The van der Waals surface area contributed by atoms with E-state index in [2.05, 4.69) is 35.2 Å². The van der Waals surface area contributed by atoms with Crippen molar-refractivity contribution in [1.82, 2.24) is 15.2 Å². The van der Waals surface area contributed by atoms with Crippen molar-refractivity contribution in [2.24, 2.45) is 0 Å². The molecule has 1 aromatic rings. The highest BCUT2D eigenvalue weighted by Crippen LogP contribution is 2.09. The van der Waals surface area contributed by atoms with Crippen LogP contribution in [0.3, 0.4) is 0 Å². The van der Waals surface area contributed by atoms with Crippen LogP contribution < -0.4 is 5.32 Å². The minimum Gasteiger partial charge on any atom is -0.309 e. The van der Waals surface area contributed by atoms with Crippen molar-refractivity contribution in [3.8, 4) is 0 Å². The average molecular weight is 205 g/mol. The third-order valence-corrected chi connectivity index (χ3v) is 3.11. The molecule has 1 unspecified atom stereocenters. The Morgan fingerprint density at radius 2 is 2.47 bits per heavy atom. The minimum atomic E-state index is 0.655. The summed E-state index contributed by atoms with van der Waals surface area (Å²) in [5, 5.41) is 3.60. The third kappa shape index (κ3) is 2.76. The van der Waals surface area contributed by atoms with Crippen LogP contribution in [-0.4, -0.2) is 36.1 Å². The van der Waals surface area contributed by atoms with Gasteiger partial charge in [0.25, 0.3) is 0 Å². The number of pyridine rings is 1. The Balaban J connectivity index is 1.86. The van der Waals surface area contributed by atoms with Gasteiger partial charge in [0.05, 0.1) is 0 Å². The van der Waals surface area contributed by atoms with E-state index in [1.54, 1.807) is 0 Å². The van der Waals surface area contributed by atoms with E-state index in [0.717, 1.165) is 6.54 Å². The molecule has 15 heavy (non-hydrogen) atoms. The number of likely N-dealkylation sites (N-methyl/N-ethyl adjacent to an activating group) is 1. The first kappa shape index (κ1) is 10.6. The molecule has 1 atom stereocenters. The summed E-state index contributed by atoms with van der Waals surface area (Å²) < 4.78 is 0. The molecule has 1 saturated heterocycles. The number of hydrogen-bond acceptors (Lipinski definition) is 3. The highest BCUT2D eigenvalue weighted by Gasteiger charge is 2.18. The van der Waals surface area contributed by atoms with Gasteiger partial charge >= 0.3 is 0 Å². The monoisotopic (exact) mass is 205 g/mol. The standard InChI is InChI=1S/C12H19N3/c1-10-7-13-5-3-11(10)8-14-12-4-6-15(2)9-12/h3,5,7,12,14H,4,6,8-9H2,1-2H3. The van der Waals surface area contributed by atoms with Gasteiger partial charge in [-0.3, -0.25) is 4.98 Å². The van der Waals surface area contributed by atoms with Crippen molar-refractivity contribution in [1.29, 1.82) is 0 Å². The number of aryl methyl sites for hydroxylation is 1. The summed E-state index contributed by atoms with van der Waals surface area (Å²) in [5.41, 5.74) is 2.64. The SMILES string of the molecule is Cc1cnccc1CNC1CCN(C)C1. The van der Waals surface area contributed by atoms with E-state index in [1.165, 1.54) is 30.6 Å². The van der Waals surface area contributed by atoms with Crippen LogP contribution in [0.1, 0.15) is 17.5 Å². The Hall–Kier alpha value is -0.930. The molecule has 1 aliphatic heterocycles. The van der Waals surface area contributed by atoms with Crippen LogP contribution in [0.2, 0.25) is 0 Å². The molecule has 2 heterocycles. The van der Waals surface area contributed by atoms with Crippen LogP contribution in [-0.2, 0) is 6.54 Å². The lowest BCUT2D eigenvalue weighted by molar-refractivity contribution is 0.397. The molecule has 0 radical (unpaired) electrons. The number of likely N-dealkylation sites (tertiary alicyclic amines) is 1. The number of aromatic nitrogens is 1. The number of rotatable bonds is 3. The van der Waals surface area contributed by atoms with Crippen LogP contribution >= 0.6 is 0 Å². The van der Waals surface area contributed by atoms with Gasteiger partial charge in [-0.15, -0.1) is 0 Å². The molecule has 0 aromatic carbocycles. The van der Waals surface area contributed by atoms with Gasteiger partial charge < -0.3 is 10.2 Å². The second kappa shape index (κ2) is 4.73. The van der Waals surface area contributed by atoms with Crippen LogP contribution in [0.15, 0.2) is 18.5 Å². The maximum absolute atomic E-state index is 4.10. The van der Waals surface area contributed by atoms with E-state index < -0.39 is 0 Å². The molecule has 0 bridgehead atoms. The predicted octanol–water partition coefficient (Wildman–Crippen LogP) is 1.18. The predicted molar refractivity (Wildman–Crippen MR) is 61.7 cm³/mol. The Bertz CT molecular complexity index is 324. The second-order valence-corrected chi connectivity index (χ2v) is 4.43. The molecule has 1 aliphatic rings. The molecular formula is C12H19N3. The largest absolute Gasteiger partial charge is 0.309 e. The van der Waals surface area contributed by atoms with Gasteiger partial charge in [-0.1, -0.05) is 0 Å². The second-order valence-electron chi connectivity index (χ2n) is 4.43. The number of nitrogens with zero attached hydrogens (tertiary/aromatic N) is 2. The van der Waals surface area contributed by atoms with E-state index in [0.29, 0.717) is 6.04 Å². The molecule has 0 saturated carbocycles. The quantitative estimate of drug-likeness (QED) is 0.803. The minimum absolute atomic E-state index is 0.655. The first-order valence-corrected chi connectivity index (χ1v) is 5.57. The summed E-state index contributed by atoms with van der Waals surface area (Å²) in [6, 6.07) is 2.75. The summed E-state index contributed by atoms with van der Waals surface area (Å²) in [6.45, 7) is 5.47. The molecule has 1 fully saturated rings. The molecule has 1 N–H and O–H groups in total. The molecule has 0 amide bonds. The van der Waals surface area contributed by atoms with Crippen molar-refractivity contribution < 1.29 is 0 Å². The normalized spacial score (nSPS) is 22.1. The highest BCUT2D eigenvalue weighted by molar-refractivity contribution is 5.21. The van der Waals surface area contributed by atoms with E-state index in [9.17, 15) is 0 Å². The van der Waals surface area contributed by atoms with Gasteiger partial charge in [0.15, 0.2) is 0 Å². The summed E-state index contributed by atoms with van der Waals surface area (Å²) >= 11 is 0. The third-order valence-electron chi connectivity index (χ3n) is 3.11. The zero-order valence-corrected chi connectivity index (χ0v) is 9.53. The number of hydrogen-bond donors (Lipinski definition) is 1. The first-order valence-electron chi connectivity index (χ1n) is 5.57. The summed E-state index contributed by atoms with van der Waals surface area (Å²) in [7, 11) is 2.18. The average Bonchev–Trinajstić information content (AvgIpc) is 2.63.